The monoisotopic (exact) mass is 275 g/mol. The number of benzene rings is 1. The summed E-state index contributed by atoms with van der Waals surface area (Å²) in [6.45, 7) is 5.90. The zero-order valence-electron chi connectivity index (χ0n) is 12.5. The molecule has 3 nitrogen and oxygen atoms in total. The van der Waals surface area contributed by atoms with Crippen LogP contribution in [0.2, 0.25) is 0 Å². The molecule has 2 aromatic rings. The topological polar surface area (TPSA) is 37.3 Å². The van der Waals surface area contributed by atoms with Crippen LogP contribution in [0.1, 0.15) is 29.3 Å². The fraction of sp³-hybridized carbons (Fsp3) is 0.222. The van der Waals surface area contributed by atoms with Crippen LogP contribution in [0.4, 0.5) is 11.5 Å². The van der Waals surface area contributed by atoms with Gasteiger partial charge in [0.25, 0.3) is 0 Å². The number of hydrogen-bond acceptors (Lipinski definition) is 2. The van der Waals surface area contributed by atoms with E-state index >= 15 is 0 Å². The number of nitrogens with zero attached hydrogens (tertiary/aromatic N) is 2. The summed E-state index contributed by atoms with van der Waals surface area (Å²) in [5, 5.41) is 3.35. The quantitative estimate of drug-likeness (QED) is 0.804. The first kappa shape index (κ1) is 13.4. The summed E-state index contributed by atoms with van der Waals surface area (Å²) in [6.07, 6.45) is 0.795. The molecule has 3 rings (SSSR count). The molecular weight excluding hydrogens is 258 g/mol. The summed E-state index contributed by atoms with van der Waals surface area (Å²) >= 11 is 0. The second kappa shape index (κ2) is 5.41. The molecule has 0 radical (unpaired) electrons. The summed E-state index contributed by atoms with van der Waals surface area (Å²) in [5.74, 6) is 7.71. The molecule has 0 saturated heterocycles. The Labute approximate surface area is 125 Å². The van der Waals surface area contributed by atoms with Crippen molar-refractivity contribution in [3.05, 3.63) is 52.7 Å². The van der Waals surface area contributed by atoms with E-state index in [0.717, 1.165) is 35.0 Å². The van der Waals surface area contributed by atoms with Gasteiger partial charge in [-0.15, -0.1) is 5.92 Å². The molecule has 0 amide bonds. The summed E-state index contributed by atoms with van der Waals surface area (Å²) in [7, 11) is 0. The van der Waals surface area contributed by atoms with Gasteiger partial charge >= 0.3 is 0 Å². The van der Waals surface area contributed by atoms with Crippen molar-refractivity contribution in [3.63, 3.8) is 0 Å². The molecule has 0 spiro atoms. The van der Waals surface area contributed by atoms with Crippen LogP contribution in [0.25, 0.3) is 0 Å². The maximum absolute atomic E-state index is 4.63. The van der Waals surface area contributed by atoms with Crippen LogP contribution in [-0.2, 0) is 6.42 Å². The summed E-state index contributed by atoms with van der Waals surface area (Å²) in [6, 6.07) is 10.3. The third-order valence-corrected chi connectivity index (χ3v) is 3.35. The van der Waals surface area contributed by atoms with E-state index in [2.05, 4.69) is 52.3 Å². The largest absolute Gasteiger partial charge is 0.343 e. The highest BCUT2D eigenvalue weighted by atomic mass is 15.1. The van der Waals surface area contributed by atoms with Crippen LogP contribution < -0.4 is 5.32 Å². The van der Waals surface area contributed by atoms with E-state index in [1.165, 1.54) is 11.1 Å². The number of aryl methyl sites for hydroxylation is 2. The minimum atomic E-state index is 0.761. The molecule has 21 heavy (non-hydrogen) atoms. The smallest absolute Gasteiger partial charge is 0.154 e. The van der Waals surface area contributed by atoms with Crippen molar-refractivity contribution in [2.45, 2.75) is 27.2 Å². The fourth-order valence-electron chi connectivity index (χ4n) is 2.55. The van der Waals surface area contributed by atoms with Crippen LogP contribution in [0.5, 0.6) is 0 Å². The molecule has 3 heteroatoms. The lowest BCUT2D eigenvalue weighted by Crippen LogP contribution is -2.05. The lowest BCUT2D eigenvalue weighted by molar-refractivity contribution is 1.15. The Balaban J connectivity index is 1.89. The van der Waals surface area contributed by atoms with Crippen molar-refractivity contribution >= 4 is 17.3 Å². The van der Waals surface area contributed by atoms with Crippen molar-refractivity contribution in [2.75, 3.05) is 5.32 Å². The normalized spacial score (nSPS) is 14.3. The molecule has 2 heterocycles. The molecule has 1 aromatic carbocycles. The Morgan fingerprint density at radius 3 is 2.81 bits per heavy atom. The molecule has 0 atom stereocenters. The second-order valence-corrected chi connectivity index (χ2v) is 5.25. The summed E-state index contributed by atoms with van der Waals surface area (Å²) in [5.41, 5.74) is 5.56. The summed E-state index contributed by atoms with van der Waals surface area (Å²) < 4.78 is 0. The van der Waals surface area contributed by atoms with Gasteiger partial charge in [-0.25, -0.2) is 9.98 Å². The number of hydrogen-bond donors (Lipinski definition) is 1. The third-order valence-electron chi connectivity index (χ3n) is 3.35. The van der Waals surface area contributed by atoms with Crippen LogP contribution in [0.3, 0.4) is 0 Å². The van der Waals surface area contributed by atoms with E-state index in [-0.39, 0.29) is 0 Å². The number of aliphatic imine (C=N–C) groups is 1. The van der Waals surface area contributed by atoms with Gasteiger partial charge in [-0.1, -0.05) is 5.92 Å². The van der Waals surface area contributed by atoms with Gasteiger partial charge in [-0.05, 0) is 62.2 Å². The van der Waals surface area contributed by atoms with Gasteiger partial charge in [-0.2, -0.15) is 0 Å². The number of nitrogens with one attached hydrogen (secondary N) is 1. The van der Waals surface area contributed by atoms with E-state index in [0.29, 0.717) is 0 Å². The Hall–Kier alpha value is -2.60. The van der Waals surface area contributed by atoms with Crippen LogP contribution in [-0.4, -0.2) is 10.8 Å². The minimum absolute atomic E-state index is 0.761. The zero-order valence-corrected chi connectivity index (χ0v) is 12.5. The van der Waals surface area contributed by atoms with Crippen molar-refractivity contribution < 1.29 is 0 Å². The first-order valence-electron chi connectivity index (χ1n) is 6.99. The molecule has 1 aliphatic rings. The average molecular weight is 275 g/mol. The molecule has 0 aliphatic carbocycles. The van der Waals surface area contributed by atoms with Crippen LogP contribution in [0, 0.1) is 25.7 Å². The van der Waals surface area contributed by atoms with Crippen molar-refractivity contribution in [1.82, 2.24) is 4.98 Å². The van der Waals surface area contributed by atoms with Gasteiger partial charge in [-0.3, -0.25) is 0 Å². The maximum atomic E-state index is 4.63. The highest BCUT2D eigenvalue weighted by molar-refractivity contribution is 6.04. The van der Waals surface area contributed by atoms with E-state index < -0.39 is 0 Å². The Morgan fingerprint density at radius 1 is 1.19 bits per heavy atom. The molecule has 0 saturated carbocycles. The SMILES string of the molecule is CC#Cc1ccc2c(c1)CC(=Nc1cc(C)cc(C)n1)N2. The van der Waals surface area contributed by atoms with Gasteiger partial charge in [0.05, 0.1) is 0 Å². The van der Waals surface area contributed by atoms with Crippen LogP contribution in [0.15, 0.2) is 35.3 Å². The van der Waals surface area contributed by atoms with E-state index in [1.54, 1.807) is 0 Å². The first-order chi connectivity index (χ1) is 10.1. The van der Waals surface area contributed by atoms with Gasteiger partial charge in [0.1, 0.15) is 5.84 Å². The average Bonchev–Trinajstić information content (AvgIpc) is 2.79. The Morgan fingerprint density at radius 2 is 2.05 bits per heavy atom. The Bertz CT molecular complexity index is 772. The summed E-state index contributed by atoms with van der Waals surface area (Å²) in [4.78, 5) is 9.09. The van der Waals surface area contributed by atoms with Gasteiger partial charge in [0, 0.05) is 23.4 Å². The van der Waals surface area contributed by atoms with Gasteiger partial charge < -0.3 is 5.32 Å². The molecule has 104 valence electrons. The van der Waals surface area contributed by atoms with Crippen molar-refractivity contribution in [3.8, 4) is 11.8 Å². The fourth-order valence-corrected chi connectivity index (χ4v) is 2.55. The van der Waals surface area contributed by atoms with Crippen molar-refractivity contribution in [1.29, 1.82) is 0 Å². The lowest BCUT2D eigenvalue weighted by atomic mass is 10.1. The predicted molar refractivity (Wildman–Crippen MR) is 87.1 cm³/mol. The lowest BCUT2D eigenvalue weighted by Gasteiger charge is -2.01. The number of fused-ring (bicyclic) bond motifs is 1. The first-order valence-corrected chi connectivity index (χ1v) is 6.99. The number of rotatable bonds is 1. The van der Waals surface area contributed by atoms with E-state index in [9.17, 15) is 0 Å². The molecule has 0 fully saturated rings. The molecule has 0 bridgehead atoms. The second-order valence-electron chi connectivity index (χ2n) is 5.25. The minimum Gasteiger partial charge on any atom is -0.343 e. The third kappa shape index (κ3) is 2.95. The standard InChI is InChI=1S/C18H17N3/c1-4-5-14-6-7-16-15(10-14)11-18(20-16)21-17-9-12(2)8-13(3)19-17/h6-10H,11H2,1-3H3,(H,19,20,21). The number of pyridine rings is 1. The van der Waals surface area contributed by atoms with Gasteiger partial charge in [0.2, 0.25) is 0 Å². The zero-order chi connectivity index (χ0) is 14.8. The van der Waals surface area contributed by atoms with E-state index in [1.807, 2.05) is 26.0 Å². The molecular formula is C18H17N3. The number of anilines is 1. The van der Waals surface area contributed by atoms with Crippen LogP contribution >= 0.6 is 0 Å². The molecule has 1 N–H and O–H groups in total. The molecule has 0 unspecified atom stereocenters. The Kier molecular flexibility index (Phi) is 3.45. The molecule has 1 aromatic heterocycles. The highest BCUT2D eigenvalue weighted by Gasteiger charge is 2.16. The predicted octanol–water partition coefficient (Wildman–Crippen LogP) is 3.77. The number of amidine groups is 1. The van der Waals surface area contributed by atoms with E-state index in [4.69, 9.17) is 0 Å². The number of aromatic nitrogens is 1. The van der Waals surface area contributed by atoms with Gasteiger partial charge in [0.15, 0.2) is 5.82 Å². The maximum Gasteiger partial charge on any atom is 0.154 e. The molecule has 1 aliphatic heterocycles. The van der Waals surface area contributed by atoms with Crippen molar-refractivity contribution in [2.24, 2.45) is 4.99 Å². The highest BCUT2D eigenvalue weighted by Crippen LogP contribution is 2.25.